The number of ketones is 1. The molecule has 17 heavy (non-hydrogen) atoms. The lowest BCUT2D eigenvalue weighted by Crippen LogP contribution is -2.24. The fourth-order valence-corrected chi connectivity index (χ4v) is 1.54. The van der Waals surface area contributed by atoms with E-state index in [-0.39, 0.29) is 11.0 Å². The van der Waals surface area contributed by atoms with Crippen LogP contribution in [0.4, 0.5) is 13.2 Å². The summed E-state index contributed by atoms with van der Waals surface area (Å²) in [5.74, 6) is -1.78. The number of aryl methyl sites for hydroxylation is 1. The maximum atomic E-state index is 12.3. The molecule has 0 aliphatic carbocycles. The number of carbonyl (C=O) groups excluding carboxylic acids is 1. The highest BCUT2D eigenvalue weighted by Gasteiger charge is 2.40. The number of hydrogen-bond acceptors (Lipinski definition) is 1. The monoisotopic (exact) mass is 244 g/mol. The van der Waals surface area contributed by atoms with Crippen molar-refractivity contribution in [3.8, 4) is 0 Å². The van der Waals surface area contributed by atoms with Crippen LogP contribution in [0.15, 0.2) is 18.2 Å². The second kappa shape index (κ2) is 4.17. The molecule has 0 aromatic heterocycles. The minimum absolute atomic E-state index is 0.148. The van der Waals surface area contributed by atoms with Gasteiger partial charge in [0.15, 0.2) is 0 Å². The van der Waals surface area contributed by atoms with Crippen molar-refractivity contribution >= 4 is 5.78 Å². The fourth-order valence-electron chi connectivity index (χ4n) is 1.54. The van der Waals surface area contributed by atoms with E-state index >= 15 is 0 Å². The molecule has 0 aliphatic heterocycles. The highest BCUT2D eigenvalue weighted by Crippen LogP contribution is 2.28. The molecule has 0 atom stereocenters. The summed E-state index contributed by atoms with van der Waals surface area (Å²) < 4.78 is 36.9. The van der Waals surface area contributed by atoms with Crippen molar-refractivity contribution < 1.29 is 18.0 Å². The molecule has 0 saturated carbocycles. The molecule has 1 nitrogen and oxygen atoms in total. The summed E-state index contributed by atoms with van der Waals surface area (Å²) in [6.45, 7) is 7.42. The Balaban J connectivity index is 3.20. The molecule has 1 aromatic rings. The van der Waals surface area contributed by atoms with Gasteiger partial charge in [0.25, 0.3) is 5.78 Å². The van der Waals surface area contributed by atoms with E-state index in [9.17, 15) is 18.0 Å². The van der Waals surface area contributed by atoms with Crippen molar-refractivity contribution in [1.82, 2.24) is 0 Å². The van der Waals surface area contributed by atoms with Gasteiger partial charge < -0.3 is 0 Å². The largest absolute Gasteiger partial charge is 0.454 e. The minimum atomic E-state index is -4.81. The zero-order valence-electron chi connectivity index (χ0n) is 10.3. The molecule has 0 N–H and O–H groups in total. The summed E-state index contributed by atoms with van der Waals surface area (Å²) in [5.41, 5.74) is 0.851. The minimum Gasteiger partial charge on any atom is -0.284 e. The quantitative estimate of drug-likeness (QED) is 0.681. The summed E-state index contributed by atoms with van der Waals surface area (Å²) in [6, 6.07) is 4.47. The van der Waals surface area contributed by atoms with E-state index in [1.165, 1.54) is 13.0 Å². The van der Waals surface area contributed by atoms with Crippen LogP contribution in [0.3, 0.4) is 0 Å². The van der Waals surface area contributed by atoms with Gasteiger partial charge in [0.1, 0.15) is 0 Å². The van der Waals surface area contributed by atoms with Gasteiger partial charge in [-0.3, -0.25) is 4.79 Å². The van der Waals surface area contributed by atoms with Crippen LogP contribution in [0.2, 0.25) is 0 Å². The molecule has 1 aromatic carbocycles. The van der Waals surface area contributed by atoms with E-state index in [4.69, 9.17) is 0 Å². The van der Waals surface area contributed by atoms with Crippen LogP contribution in [-0.2, 0) is 5.41 Å². The molecule has 4 heteroatoms. The molecular weight excluding hydrogens is 229 g/mol. The van der Waals surface area contributed by atoms with E-state index in [0.717, 1.165) is 5.56 Å². The zero-order valence-corrected chi connectivity index (χ0v) is 10.3. The molecule has 0 spiro atoms. The Hall–Kier alpha value is -1.32. The number of benzene rings is 1. The van der Waals surface area contributed by atoms with E-state index < -0.39 is 12.0 Å². The maximum Gasteiger partial charge on any atom is 0.454 e. The molecule has 0 bridgehead atoms. The molecule has 1 rings (SSSR count). The smallest absolute Gasteiger partial charge is 0.284 e. The Morgan fingerprint density at radius 2 is 1.65 bits per heavy atom. The van der Waals surface area contributed by atoms with Crippen LogP contribution < -0.4 is 0 Å². The summed E-state index contributed by atoms with van der Waals surface area (Å²) in [6.07, 6.45) is -4.81. The lowest BCUT2D eigenvalue weighted by Gasteiger charge is -2.20. The average Bonchev–Trinajstić information content (AvgIpc) is 2.13. The first kappa shape index (κ1) is 13.7. The van der Waals surface area contributed by atoms with Crippen molar-refractivity contribution in [2.45, 2.75) is 39.3 Å². The van der Waals surface area contributed by atoms with Crippen molar-refractivity contribution in [1.29, 1.82) is 0 Å². The van der Waals surface area contributed by atoms with Crippen LogP contribution in [0.5, 0.6) is 0 Å². The van der Waals surface area contributed by atoms with E-state index in [1.54, 1.807) is 12.1 Å². The number of carbonyl (C=O) groups is 1. The highest BCUT2D eigenvalue weighted by atomic mass is 19.4. The Labute approximate surface area is 98.6 Å². The molecule has 0 saturated heterocycles. The molecule has 0 heterocycles. The summed E-state index contributed by atoms with van der Waals surface area (Å²) in [4.78, 5) is 11.1. The first-order valence-electron chi connectivity index (χ1n) is 5.26. The zero-order chi connectivity index (χ0) is 13.4. The van der Waals surface area contributed by atoms with Gasteiger partial charge in [-0.05, 0) is 23.5 Å². The third-order valence-electron chi connectivity index (χ3n) is 2.59. The predicted octanol–water partition coefficient (Wildman–Crippen LogP) is 4.04. The van der Waals surface area contributed by atoms with Crippen LogP contribution in [0.1, 0.15) is 42.3 Å². The van der Waals surface area contributed by atoms with E-state index in [2.05, 4.69) is 0 Å². The molecule has 0 fully saturated rings. The van der Waals surface area contributed by atoms with E-state index in [1.807, 2.05) is 20.8 Å². The highest BCUT2D eigenvalue weighted by molar-refractivity contribution is 6.01. The van der Waals surface area contributed by atoms with Gasteiger partial charge in [-0.25, -0.2) is 0 Å². The third kappa shape index (κ3) is 3.08. The predicted molar refractivity (Wildman–Crippen MR) is 60.3 cm³/mol. The Morgan fingerprint density at radius 3 is 2.00 bits per heavy atom. The Kier molecular flexibility index (Phi) is 3.37. The van der Waals surface area contributed by atoms with Crippen molar-refractivity contribution in [3.05, 3.63) is 34.9 Å². The Morgan fingerprint density at radius 1 is 1.12 bits per heavy atom. The fraction of sp³-hybridized carbons (Fsp3) is 0.462. The van der Waals surface area contributed by atoms with Gasteiger partial charge in [0.05, 0.1) is 0 Å². The molecule has 0 unspecified atom stereocenters. The normalized spacial score (nSPS) is 12.6. The number of Topliss-reactive ketones (excluding diaryl/α,β-unsaturated/α-hetero) is 1. The van der Waals surface area contributed by atoms with Gasteiger partial charge >= 0.3 is 6.18 Å². The van der Waals surface area contributed by atoms with Gasteiger partial charge in [-0.1, -0.05) is 39.0 Å². The molecular formula is C13H15F3O. The van der Waals surface area contributed by atoms with Crippen LogP contribution in [0, 0.1) is 6.92 Å². The van der Waals surface area contributed by atoms with Gasteiger partial charge in [0.2, 0.25) is 0 Å². The number of hydrogen-bond donors (Lipinski definition) is 0. The average molecular weight is 244 g/mol. The second-order valence-corrected chi connectivity index (χ2v) is 5.11. The number of alkyl halides is 3. The van der Waals surface area contributed by atoms with Crippen LogP contribution in [-0.4, -0.2) is 12.0 Å². The SMILES string of the molecule is Cc1cc(C(C)(C)C)ccc1C(=O)C(F)(F)F. The van der Waals surface area contributed by atoms with Crippen molar-refractivity contribution in [2.24, 2.45) is 0 Å². The standard InChI is InChI=1S/C13H15F3O/c1-8-7-9(12(2,3)4)5-6-10(8)11(17)13(14,15)16/h5-7H,1-4H3. The van der Waals surface area contributed by atoms with Gasteiger partial charge in [-0.15, -0.1) is 0 Å². The second-order valence-electron chi connectivity index (χ2n) is 5.11. The lowest BCUT2D eigenvalue weighted by molar-refractivity contribution is -0.0885. The molecule has 94 valence electrons. The van der Waals surface area contributed by atoms with Gasteiger partial charge in [-0.2, -0.15) is 13.2 Å². The Bertz CT molecular complexity index is 439. The molecule has 0 amide bonds. The lowest BCUT2D eigenvalue weighted by atomic mass is 9.85. The first-order valence-corrected chi connectivity index (χ1v) is 5.26. The van der Waals surface area contributed by atoms with E-state index in [0.29, 0.717) is 5.56 Å². The summed E-state index contributed by atoms with van der Waals surface area (Å²) in [5, 5.41) is 0. The summed E-state index contributed by atoms with van der Waals surface area (Å²) >= 11 is 0. The van der Waals surface area contributed by atoms with Crippen LogP contribution in [0.25, 0.3) is 0 Å². The first-order chi connectivity index (χ1) is 7.53. The van der Waals surface area contributed by atoms with Crippen molar-refractivity contribution in [3.63, 3.8) is 0 Å². The van der Waals surface area contributed by atoms with Crippen molar-refractivity contribution in [2.75, 3.05) is 0 Å². The summed E-state index contributed by atoms with van der Waals surface area (Å²) in [7, 11) is 0. The maximum absolute atomic E-state index is 12.3. The van der Waals surface area contributed by atoms with Crippen LogP contribution >= 0.6 is 0 Å². The molecule has 0 aliphatic rings. The topological polar surface area (TPSA) is 17.1 Å². The number of rotatable bonds is 1. The van der Waals surface area contributed by atoms with Gasteiger partial charge in [0, 0.05) is 5.56 Å². The number of halogens is 3. The molecule has 0 radical (unpaired) electrons. The third-order valence-corrected chi connectivity index (χ3v) is 2.59.